The van der Waals surface area contributed by atoms with Crippen LogP contribution >= 0.6 is 15.9 Å². The highest BCUT2D eigenvalue weighted by molar-refractivity contribution is 9.10. The van der Waals surface area contributed by atoms with Gasteiger partial charge in [0.1, 0.15) is 5.75 Å². The van der Waals surface area contributed by atoms with E-state index in [1.165, 1.54) is 18.4 Å². The highest BCUT2D eigenvalue weighted by atomic mass is 79.9. The van der Waals surface area contributed by atoms with E-state index in [0.717, 1.165) is 17.6 Å². The fourth-order valence-electron chi connectivity index (χ4n) is 1.78. The minimum atomic E-state index is -0.616. The molecule has 0 heterocycles. The number of rotatable bonds is 9. The number of carbonyl (C=O) groups excluding carboxylic acids is 1. The molecule has 118 valence electrons. The van der Waals surface area contributed by atoms with E-state index in [1.54, 1.807) is 13.8 Å². The van der Waals surface area contributed by atoms with E-state index in [1.807, 2.05) is 18.2 Å². The molecule has 0 bridgehead atoms. The van der Waals surface area contributed by atoms with E-state index in [0.29, 0.717) is 12.4 Å². The number of unbranched alkanes of at least 4 members (excludes halogenated alkanes) is 1. The van der Waals surface area contributed by atoms with Crippen molar-refractivity contribution in [3.63, 3.8) is 0 Å². The predicted octanol–water partition coefficient (Wildman–Crippen LogP) is 3.67. The first kappa shape index (κ1) is 18.0. The van der Waals surface area contributed by atoms with Crippen molar-refractivity contribution in [3.8, 4) is 5.75 Å². The van der Waals surface area contributed by atoms with Gasteiger partial charge in [-0.3, -0.25) is 0 Å². The second kappa shape index (κ2) is 9.79. The van der Waals surface area contributed by atoms with E-state index >= 15 is 0 Å². The maximum absolute atomic E-state index is 11.6. The van der Waals surface area contributed by atoms with Gasteiger partial charge in [0, 0.05) is 6.54 Å². The Kier molecular flexibility index (Phi) is 8.38. The molecule has 21 heavy (non-hydrogen) atoms. The Morgan fingerprint density at radius 2 is 2.14 bits per heavy atom. The van der Waals surface area contributed by atoms with Crippen LogP contribution in [0.15, 0.2) is 22.7 Å². The first-order valence-electron chi connectivity index (χ1n) is 7.40. The van der Waals surface area contributed by atoms with Gasteiger partial charge in [-0.2, -0.15) is 0 Å². The smallest absolute Gasteiger partial charge is 0.347 e. The van der Waals surface area contributed by atoms with Crippen LogP contribution in [-0.4, -0.2) is 25.2 Å². The van der Waals surface area contributed by atoms with Gasteiger partial charge in [0.25, 0.3) is 0 Å². The summed E-state index contributed by atoms with van der Waals surface area (Å²) in [7, 11) is 0. The Hall–Kier alpha value is -1.07. The van der Waals surface area contributed by atoms with E-state index in [-0.39, 0.29) is 5.97 Å². The van der Waals surface area contributed by atoms with Crippen LogP contribution in [0.1, 0.15) is 39.2 Å². The third-order valence-corrected chi connectivity index (χ3v) is 3.57. The Balaban J connectivity index is 2.55. The molecule has 1 aromatic rings. The van der Waals surface area contributed by atoms with Gasteiger partial charge in [-0.25, -0.2) is 4.79 Å². The summed E-state index contributed by atoms with van der Waals surface area (Å²) in [6, 6.07) is 5.87. The second-order valence-electron chi connectivity index (χ2n) is 4.81. The van der Waals surface area contributed by atoms with E-state index < -0.39 is 6.10 Å². The van der Waals surface area contributed by atoms with Gasteiger partial charge in [0.2, 0.25) is 0 Å². The number of ether oxygens (including phenoxy) is 2. The molecule has 4 nitrogen and oxygen atoms in total. The molecule has 5 heteroatoms. The molecule has 0 amide bonds. The Labute approximate surface area is 135 Å². The van der Waals surface area contributed by atoms with Crippen LogP contribution in [0, 0.1) is 0 Å². The first-order chi connectivity index (χ1) is 10.1. The maximum Gasteiger partial charge on any atom is 0.347 e. The van der Waals surface area contributed by atoms with Crippen molar-refractivity contribution >= 4 is 21.9 Å². The van der Waals surface area contributed by atoms with Crippen LogP contribution in [0.3, 0.4) is 0 Å². The molecule has 0 aliphatic rings. The normalized spacial score (nSPS) is 12.0. The van der Waals surface area contributed by atoms with Gasteiger partial charge < -0.3 is 14.8 Å². The van der Waals surface area contributed by atoms with Gasteiger partial charge in [-0.15, -0.1) is 0 Å². The Morgan fingerprint density at radius 1 is 1.38 bits per heavy atom. The Morgan fingerprint density at radius 3 is 2.76 bits per heavy atom. The number of nitrogens with one attached hydrogen (secondary N) is 1. The summed E-state index contributed by atoms with van der Waals surface area (Å²) < 4.78 is 11.4. The highest BCUT2D eigenvalue weighted by Gasteiger charge is 2.17. The molecule has 1 aromatic carbocycles. The standard InChI is InChI=1S/C16H24BrNO3/c1-4-6-9-18-11-13-7-8-15(14(17)10-13)21-12(3)16(19)20-5-2/h7-8,10,12,18H,4-6,9,11H2,1-3H3. The molecule has 0 saturated heterocycles. The molecule has 0 aromatic heterocycles. The molecular weight excluding hydrogens is 334 g/mol. The zero-order valence-corrected chi connectivity index (χ0v) is 14.5. The van der Waals surface area contributed by atoms with E-state index in [2.05, 4.69) is 28.2 Å². The van der Waals surface area contributed by atoms with Crippen molar-refractivity contribution in [1.29, 1.82) is 0 Å². The third kappa shape index (κ3) is 6.48. The number of benzene rings is 1. The average molecular weight is 358 g/mol. The fourth-order valence-corrected chi connectivity index (χ4v) is 2.30. The minimum Gasteiger partial charge on any atom is -0.478 e. The molecular formula is C16H24BrNO3. The number of esters is 1. The quantitative estimate of drug-likeness (QED) is 0.541. The van der Waals surface area contributed by atoms with Crippen LogP contribution in [0.2, 0.25) is 0 Å². The molecule has 0 aliphatic heterocycles. The topological polar surface area (TPSA) is 47.6 Å². The lowest BCUT2D eigenvalue weighted by atomic mass is 10.2. The summed E-state index contributed by atoms with van der Waals surface area (Å²) in [6.07, 6.45) is 1.75. The zero-order valence-electron chi connectivity index (χ0n) is 12.9. The summed E-state index contributed by atoms with van der Waals surface area (Å²) in [5, 5.41) is 3.39. The van der Waals surface area contributed by atoms with Crippen molar-refractivity contribution in [2.75, 3.05) is 13.2 Å². The summed E-state index contributed by atoms with van der Waals surface area (Å²) in [5.74, 6) is 0.294. The summed E-state index contributed by atoms with van der Waals surface area (Å²) in [5.41, 5.74) is 1.18. The van der Waals surface area contributed by atoms with E-state index in [9.17, 15) is 4.79 Å². The minimum absolute atomic E-state index is 0.352. The molecule has 0 saturated carbocycles. The molecule has 0 radical (unpaired) electrons. The highest BCUT2D eigenvalue weighted by Crippen LogP contribution is 2.27. The third-order valence-electron chi connectivity index (χ3n) is 2.95. The van der Waals surface area contributed by atoms with Crippen LogP contribution in [0.5, 0.6) is 5.75 Å². The van der Waals surface area contributed by atoms with Gasteiger partial charge in [-0.05, 0) is 60.4 Å². The molecule has 1 N–H and O–H groups in total. The van der Waals surface area contributed by atoms with Crippen molar-refractivity contribution < 1.29 is 14.3 Å². The van der Waals surface area contributed by atoms with Crippen LogP contribution < -0.4 is 10.1 Å². The maximum atomic E-state index is 11.6. The van der Waals surface area contributed by atoms with Gasteiger partial charge in [-0.1, -0.05) is 19.4 Å². The largest absolute Gasteiger partial charge is 0.478 e. The lowest BCUT2D eigenvalue weighted by Crippen LogP contribution is -2.26. The first-order valence-corrected chi connectivity index (χ1v) is 8.20. The van der Waals surface area contributed by atoms with Gasteiger partial charge in [0.15, 0.2) is 6.10 Å². The van der Waals surface area contributed by atoms with Crippen molar-refractivity contribution in [3.05, 3.63) is 28.2 Å². The fraction of sp³-hybridized carbons (Fsp3) is 0.562. The number of carbonyl (C=O) groups is 1. The molecule has 0 fully saturated rings. The molecule has 0 spiro atoms. The summed E-state index contributed by atoms with van der Waals surface area (Å²) in [6.45, 7) is 7.84. The zero-order chi connectivity index (χ0) is 15.7. The lowest BCUT2D eigenvalue weighted by Gasteiger charge is -2.15. The van der Waals surface area contributed by atoms with Crippen molar-refractivity contribution in [2.45, 2.75) is 46.3 Å². The number of hydrogen-bond acceptors (Lipinski definition) is 4. The molecule has 1 atom stereocenters. The van der Waals surface area contributed by atoms with Gasteiger partial charge >= 0.3 is 5.97 Å². The van der Waals surface area contributed by atoms with Crippen molar-refractivity contribution in [1.82, 2.24) is 5.32 Å². The Bertz CT molecular complexity index is 451. The number of halogens is 1. The number of hydrogen-bond donors (Lipinski definition) is 1. The molecule has 0 aliphatic carbocycles. The lowest BCUT2D eigenvalue weighted by molar-refractivity contribution is -0.150. The predicted molar refractivity (Wildman–Crippen MR) is 87.5 cm³/mol. The molecule has 1 unspecified atom stereocenters. The van der Waals surface area contributed by atoms with Gasteiger partial charge in [0.05, 0.1) is 11.1 Å². The van der Waals surface area contributed by atoms with Crippen LogP contribution in [0.4, 0.5) is 0 Å². The summed E-state index contributed by atoms with van der Waals surface area (Å²) >= 11 is 3.48. The average Bonchev–Trinajstić information content (AvgIpc) is 2.46. The van der Waals surface area contributed by atoms with Crippen LogP contribution in [0.25, 0.3) is 0 Å². The van der Waals surface area contributed by atoms with Crippen molar-refractivity contribution in [2.24, 2.45) is 0 Å². The second-order valence-corrected chi connectivity index (χ2v) is 5.66. The SMILES string of the molecule is CCCCNCc1ccc(OC(C)C(=O)OCC)c(Br)c1. The monoisotopic (exact) mass is 357 g/mol. The summed E-state index contributed by atoms with van der Waals surface area (Å²) in [4.78, 5) is 11.6. The van der Waals surface area contributed by atoms with Crippen LogP contribution in [-0.2, 0) is 16.1 Å². The van der Waals surface area contributed by atoms with E-state index in [4.69, 9.17) is 9.47 Å². The molecule has 1 rings (SSSR count).